The fourth-order valence-corrected chi connectivity index (χ4v) is 1.74. The molecule has 0 fully saturated rings. The predicted octanol–water partition coefficient (Wildman–Crippen LogP) is 0.242. The summed E-state index contributed by atoms with van der Waals surface area (Å²) in [7, 11) is 1.47. The average Bonchev–Trinajstić information content (AvgIpc) is 2.65. The lowest BCUT2D eigenvalue weighted by Crippen LogP contribution is -2.34. The Labute approximate surface area is 102 Å². The highest BCUT2D eigenvalue weighted by Gasteiger charge is 2.29. The molecule has 0 unspecified atom stereocenters. The lowest BCUT2D eigenvalue weighted by Gasteiger charge is -2.16. The van der Waals surface area contributed by atoms with Gasteiger partial charge in [0, 0.05) is 18.9 Å². The molecular weight excluding hydrogens is 243 g/mol. The molecule has 1 aromatic rings. The van der Waals surface area contributed by atoms with E-state index in [0.717, 1.165) is 4.57 Å². The molecule has 1 aliphatic heterocycles. The smallest absolute Gasteiger partial charge is 0.330 e. The van der Waals surface area contributed by atoms with Gasteiger partial charge in [-0.1, -0.05) is 0 Å². The fraction of sp³-hybridized carbons (Fsp3) is 0.455. The molecule has 98 valence electrons. The van der Waals surface area contributed by atoms with Crippen LogP contribution in [0.4, 0.5) is 4.39 Å². The summed E-state index contributed by atoms with van der Waals surface area (Å²) in [6.07, 6.45) is 0.836. The molecule has 6 nitrogen and oxygen atoms in total. The van der Waals surface area contributed by atoms with E-state index >= 15 is 0 Å². The number of halogens is 1. The summed E-state index contributed by atoms with van der Waals surface area (Å²) in [5.41, 5.74) is -0.898. The molecule has 2 rings (SSSR count). The Bertz CT molecular complexity index is 589. The molecule has 2 heterocycles. The van der Waals surface area contributed by atoms with Gasteiger partial charge in [-0.05, 0) is 13.0 Å². The first-order valence-corrected chi connectivity index (χ1v) is 5.36. The zero-order chi connectivity index (χ0) is 13.3. The highest BCUT2D eigenvalue weighted by molar-refractivity contribution is 5.10. The minimum absolute atomic E-state index is 0.195. The van der Waals surface area contributed by atoms with Crippen molar-refractivity contribution in [2.24, 2.45) is 0 Å². The first-order valence-electron chi connectivity index (χ1n) is 5.36. The van der Waals surface area contributed by atoms with Crippen LogP contribution in [-0.2, 0) is 9.47 Å². The molecule has 2 atom stereocenters. The Morgan fingerprint density at radius 2 is 2.28 bits per heavy atom. The molecular formula is C11H13FN2O4. The van der Waals surface area contributed by atoms with Crippen LogP contribution in [0.3, 0.4) is 0 Å². The number of H-pyrrole nitrogens is 1. The normalized spacial score (nSPS) is 23.2. The van der Waals surface area contributed by atoms with E-state index in [-0.39, 0.29) is 6.61 Å². The fourth-order valence-electron chi connectivity index (χ4n) is 1.74. The SMILES string of the molecule is COC[C@@H]1C=C(F)[C@@H](n2cc(C)c(=O)[nH]c2=O)O1. The largest absolute Gasteiger partial charge is 0.382 e. The summed E-state index contributed by atoms with van der Waals surface area (Å²) in [4.78, 5) is 24.9. The van der Waals surface area contributed by atoms with Gasteiger partial charge in [0.05, 0.1) is 6.61 Å². The third-order valence-corrected chi connectivity index (χ3v) is 2.61. The van der Waals surface area contributed by atoms with Crippen LogP contribution in [0.5, 0.6) is 0 Å². The van der Waals surface area contributed by atoms with E-state index in [1.54, 1.807) is 0 Å². The van der Waals surface area contributed by atoms with Gasteiger partial charge < -0.3 is 9.47 Å². The zero-order valence-electron chi connectivity index (χ0n) is 9.97. The van der Waals surface area contributed by atoms with Crippen molar-refractivity contribution in [2.45, 2.75) is 19.3 Å². The van der Waals surface area contributed by atoms with Crippen LogP contribution < -0.4 is 11.2 Å². The van der Waals surface area contributed by atoms with Crippen LogP contribution >= 0.6 is 0 Å². The van der Waals surface area contributed by atoms with E-state index in [1.165, 1.54) is 26.3 Å². The third kappa shape index (κ3) is 2.27. The quantitative estimate of drug-likeness (QED) is 0.841. The number of methoxy groups -OCH3 is 1. The number of rotatable bonds is 3. The molecule has 0 spiro atoms. The van der Waals surface area contributed by atoms with Gasteiger partial charge in [0.1, 0.15) is 11.9 Å². The summed E-state index contributed by atoms with van der Waals surface area (Å²) >= 11 is 0. The number of nitrogens with zero attached hydrogens (tertiary/aromatic N) is 1. The second-order valence-electron chi connectivity index (χ2n) is 4.01. The number of aromatic amines is 1. The molecule has 0 bridgehead atoms. The predicted molar refractivity (Wildman–Crippen MR) is 61.0 cm³/mol. The van der Waals surface area contributed by atoms with Crippen LogP contribution in [-0.4, -0.2) is 29.4 Å². The van der Waals surface area contributed by atoms with Gasteiger partial charge in [0.15, 0.2) is 6.23 Å². The summed E-state index contributed by atoms with van der Waals surface area (Å²) in [5.74, 6) is -0.578. The minimum atomic E-state index is -1.15. The first-order chi connectivity index (χ1) is 8.52. The number of ether oxygens (including phenoxy) is 2. The number of aromatic nitrogens is 2. The monoisotopic (exact) mass is 256 g/mol. The number of hydrogen-bond acceptors (Lipinski definition) is 4. The van der Waals surface area contributed by atoms with Gasteiger partial charge in [0.25, 0.3) is 5.56 Å². The Morgan fingerprint density at radius 3 is 2.94 bits per heavy atom. The van der Waals surface area contributed by atoms with Crippen LogP contribution in [0, 0.1) is 6.92 Å². The Hall–Kier alpha value is -1.73. The van der Waals surface area contributed by atoms with Crippen molar-refractivity contribution in [2.75, 3.05) is 13.7 Å². The lowest BCUT2D eigenvalue weighted by molar-refractivity contribution is -0.0301. The Balaban J connectivity index is 2.34. The number of aryl methyl sites for hydroxylation is 1. The van der Waals surface area contributed by atoms with Crippen molar-refractivity contribution in [1.29, 1.82) is 0 Å². The maximum atomic E-state index is 13.7. The maximum Gasteiger partial charge on any atom is 0.330 e. The summed E-state index contributed by atoms with van der Waals surface area (Å²) < 4.78 is 24.9. The van der Waals surface area contributed by atoms with E-state index < -0.39 is 29.4 Å². The molecule has 1 aliphatic rings. The van der Waals surface area contributed by atoms with E-state index in [0.29, 0.717) is 5.56 Å². The maximum absolute atomic E-state index is 13.7. The van der Waals surface area contributed by atoms with Gasteiger partial charge in [0.2, 0.25) is 0 Å². The van der Waals surface area contributed by atoms with Crippen LogP contribution in [0.15, 0.2) is 27.7 Å². The first kappa shape index (κ1) is 12.7. The number of nitrogens with one attached hydrogen (secondary N) is 1. The van der Waals surface area contributed by atoms with Crippen molar-refractivity contribution in [3.63, 3.8) is 0 Å². The third-order valence-electron chi connectivity index (χ3n) is 2.61. The Kier molecular flexibility index (Phi) is 3.44. The molecule has 7 heteroatoms. The van der Waals surface area contributed by atoms with E-state index in [1.807, 2.05) is 0 Å². The van der Waals surface area contributed by atoms with E-state index in [4.69, 9.17) is 9.47 Å². The molecule has 0 saturated carbocycles. The highest BCUT2D eigenvalue weighted by Crippen LogP contribution is 2.28. The highest BCUT2D eigenvalue weighted by atomic mass is 19.1. The molecule has 0 amide bonds. The molecule has 0 aliphatic carbocycles. The van der Waals surface area contributed by atoms with Crippen LogP contribution in [0.1, 0.15) is 11.8 Å². The van der Waals surface area contributed by atoms with Gasteiger partial charge in [-0.3, -0.25) is 14.3 Å². The average molecular weight is 256 g/mol. The van der Waals surface area contributed by atoms with E-state index in [2.05, 4.69) is 4.98 Å². The summed E-state index contributed by atoms with van der Waals surface area (Å²) in [6, 6.07) is 0. The summed E-state index contributed by atoms with van der Waals surface area (Å²) in [6.45, 7) is 1.72. The second kappa shape index (κ2) is 4.87. The minimum Gasteiger partial charge on any atom is -0.382 e. The van der Waals surface area contributed by atoms with Crippen molar-refractivity contribution < 1.29 is 13.9 Å². The van der Waals surface area contributed by atoms with Crippen molar-refractivity contribution >= 4 is 0 Å². The molecule has 1 aromatic heterocycles. The molecule has 0 saturated heterocycles. The lowest BCUT2D eigenvalue weighted by atomic mass is 10.3. The van der Waals surface area contributed by atoms with Crippen molar-refractivity contribution in [1.82, 2.24) is 9.55 Å². The zero-order valence-corrected chi connectivity index (χ0v) is 9.97. The van der Waals surface area contributed by atoms with Gasteiger partial charge in [-0.15, -0.1) is 0 Å². The van der Waals surface area contributed by atoms with Crippen LogP contribution in [0.2, 0.25) is 0 Å². The summed E-state index contributed by atoms with van der Waals surface area (Å²) in [5, 5.41) is 0. The van der Waals surface area contributed by atoms with Gasteiger partial charge in [-0.25, -0.2) is 9.18 Å². The van der Waals surface area contributed by atoms with Crippen molar-refractivity contribution in [3.8, 4) is 0 Å². The van der Waals surface area contributed by atoms with Gasteiger partial charge >= 0.3 is 5.69 Å². The molecule has 0 radical (unpaired) electrons. The van der Waals surface area contributed by atoms with Crippen LogP contribution in [0.25, 0.3) is 0 Å². The number of hydrogen-bond donors (Lipinski definition) is 1. The topological polar surface area (TPSA) is 73.3 Å². The Morgan fingerprint density at radius 1 is 1.56 bits per heavy atom. The molecule has 18 heavy (non-hydrogen) atoms. The van der Waals surface area contributed by atoms with Crippen molar-refractivity contribution in [3.05, 3.63) is 44.5 Å². The molecule has 1 N–H and O–H groups in total. The van der Waals surface area contributed by atoms with E-state index in [9.17, 15) is 14.0 Å². The second-order valence-corrected chi connectivity index (χ2v) is 4.01. The van der Waals surface area contributed by atoms with Gasteiger partial charge in [-0.2, -0.15) is 0 Å². The molecule has 0 aromatic carbocycles. The standard InChI is InChI=1S/C11H13FN2O4/c1-6-4-14(11(16)13-9(6)15)10-8(12)3-7(18-10)5-17-2/h3-4,7,10H,5H2,1-2H3,(H,13,15,16)/t7-,10-/m0/s1.